The maximum absolute atomic E-state index is 13.5. The van der Waals surface area contributed by atoms with E-state index in [9.17, 15) is 9.18 Å². The molecular weight excluding hydrogens is 301 g/mol. The first-order valence-electron chi connectivity index (χ1n) is 5.93. The maximum Gasteiger partial charge on any atom is 0.254 e. The van der Waals surface area contributed by atoms with Gasteiger partial charge in [0, 0.05) is 23.5 Å². The second kappa shape index (κ2) is 5.80. The van der Waals surface area contributed by atoms with Gasteiger partial charge in [-0.25, -0.2) is 4.39 Å². The predicted molar refractivity (Wildman–Crippen MR) is 70.0 cm³/mol. The van der Waals surface area contributed by atoms with Crippen LogP contribution in [0.1, 0.15) is 23.7 Å². The van der Waals surface area contributed by atoms with Crippen molar-refractivity contribution < 1.29 is 13.9 Å². The summed E-state index contributed by atoms with van der Waals surface area (Å²) in [6.07, 6.45) is 1.08. The second-order valence-corrected chi connectivity index (χ2v) is 5.37. The number of amides is 1. The zero-order valence-corrected chi connectivity index (χ0v) is 11.7. The standard InChI is InChI=1S/C13H15BrFNO2/c1-8-9(4-5-18-8)7-16-13(17)11-6-10(14)2-3-12(11)15/h2-3,6,8-9H,4-5,7H2,1H3,(H,16,17). The second-order valence-electron chi connectivity index (χ2n) is 4.46. The van der Waals surface area contributed by atoms with Crippen molar-refractivity contribution in [1.82, 2.24) is 5.32 Å². The Morgan fingerprint density at radius 2 is 2.39 bits per heavy atom. The van der Waals surface area contributed by atoms with E-state index in [0.29, 0.717) is 16.9 Å². The van der Waals surface area contributed by atoms with Crippen molar-refractivity contribution in [3.8, 4) is 0 Å². The lowest BCUT2D eigenvalue weighted by Gasteiger charge is -2.14. The zero-order valence-electron chi connectivity index (χ0n) is 10.1. The molecular formula is C13H15BrFNO2. The largest absolute Gasteiger partial charge is 0.378 e. The first kappa shape index (κ1) is 13.5. The highest BCUT2D eigenvalue weighted by Gasteiger charge is 2.24. The van der Waals surface area contributed by atoms with Crippen LogP contribution in [0.3, 0.4) is 0 Å². The highest BCUT2D eigenvalue weighted by molar-refractivity contribution is 9.10. The minimum absolute atomic E-state index is 0.0657. The Morgan fingerprint density at radius 3 is 3.06 bits per heavy atom. The fraction of sp³-hybridized carbons (Fsp3) is 0.462. The molecule has 1 aliphatic rings. The van der Waals surface area contributed by atoms with Gasteiger partial charge < -0.3 is 10.1 Å². The van der Waals surface area contributed by atoms with E-state index in [1.807, 2.05) is 6.92 Å². The van der Waals surface area contributed by atoms with Gasteiger partial charge in [0.25, 0.3) is 5.91 Å². The van der Waals surface area contributed by atoms with E-state index in [1.54, 1.807) is 6.07 Å². The topological polar surface area (TPSA) is 38.3 Å². The quantitative estimate of drug-likeness (QED) is 0.931. The highest BCUT2D eigenvalue weighted by Crippen LogP contribution is 2.20. The summed E-state index contributed by atoms with van der Waals surface area (Å²) in [7, 11) is 0. The Balaban J connectivity index is 1.97. The molecule has 2 rings (SSSR count). The van der Waals surface area contributed by atoms with Gasteiger partial charge >= 0.3 is 0 Å². The van der Waals surface area contributed by atoms with Gasteiger partial charge in [0.2, 0.25) is 0 Å². The summed E-state index contributed by atoms with van der Waals surface area (Å²) < 4.78 is 19.6. The molecule has 0 saturated carbocycles. The first-order chi connectivity index (χ1) is 8.58. The van der Waals surface area contributed by atoms with Crippen LogP contribution >= 0.6 is 15.9 Å². The number of carbonyl (C=O) groups is 1. The number of ether oxygens (including phenoxy) is 1. The van der Waals surface area contributed by atoms with Crippen molar-refractivity contribution >= 4 is 21.8 Å². The SMILES string of the molecule is CC1OCCC1CNC(=O)c1cc(Br)ccc1F. The summed E-state index contributed by atoms with van der Waals surface area (Å²) in [6.45, 7) is 3.24. The molecule has 1 heterocycles. The van der Waals surface area contributed by atoms with Crippen LogP contribution in [0.2, 0.25) is 0 Å². The van der Waals surface area contributed by atoms with Crippen LogP contribution in [0, 0.1) is 11.7 Å². The normalized spacial score (nSPS) is 23.1. The van der Waals surface area contributed by atoms with Crippen molar-refractivity contribution in [3.05, 3.63) is 34.1 Å². The van der Waals surface area contributed by atoms with E-state index in [0.717, 1.165) is 13.0 Å². The van der Waals surface area contributed by atoms with Crippen molar-refractivity contribution in [1.29, 1.82) is 0 Å². The number of hydrogen-bond donors (Lipinski definition) is 1. The molecule has 0 aromatic heterocycles. The van der Waals surface area contributed by atoms with E-state index in [1.165, 1.54) is 12.1 Å². The average molecular weight is 316 g/mol. The van der Waals surface area contributed by atoms with E-state index in [4.69, 9.17) is 4.74 Å². The monoisotopic (exact) mass is 315 g/mol. The van der Waals surface area contributed by atoms with Crippen LogP contribution in [0.15, 0.2) is 22.7 Å². The van der Waals surface area contributed by atoms with Crippen molar-refractivity contribution in [2.45, 2.75) is 19.4 Å². The van der Waals surface area contributed by atoms with Gasteiger partial charge in [0.05, 0.1) is 11.7 Å². The lowest BCUT2D eigenvalue weighted by molar-refractivity contribution is 0.0904. The number of rotatable bonds is 3. The van der Waals surface area contributed by atoms with E-state index >= 15 is 0 Å². The third kappa shape index (κ3) is 3.09. The summed E-state index contributed by atoms with van der Waals surface area (Å²) in [5.41, 5.74) is 0.0657. The first-order valence-corrected chi connectivity index (χ1v) is 6.72. The molecule has 1 saturated heterocycles. The molecule has 98 valence electrons. The van der Waals surface area contributed by atoms with E-state index in [-0.39, 0.29) is 17.6 Å². The molecule has 2 unspecified atom stereocenters. The summed E-state index contributed by atoms with van der Waals surface area (Å²) in [5, 5.41) is 2.76. The smallest absolute Gasteiger partial charge is 0.254 e. The van der Waals surface area contributed by atoms with Gasteiger partial charge in [-0.3, -0.25) is 4.79 Å². The molecule has 0 bridgehead atoms. The Morgan fingerprint density at radius 1 is 1.61 bits per heavy atom. The fourth-order valence-corrected chi connectivity index (χ4v) is 2.40. The Hall–Kier alpha value is -0.940. The molecule has 1 aromatic rings. The number of carbonyl (C=O) groups excluding carboxylic acids is 1. The Bertz CT molecular complexity index is 453. The van der Waals surface area contributed by atoms with Gasteiger partial charge in [-0.1, -0.05) is 15.9 Å². The fourth-order valence-electron chi connectivity index (χ4n) is 2.03. The Labute approximate surface area is 114 Å². The summed E-state index contributed by atoms with van der Waals surface area (Å²) in [4.78, 5) is 11.9. The van der Waals surface area contributed by atoms with E-state index < -0.39 is 5.82 Å². The summed E-state index contributed by atoms with van der Waals surface area (Å²) in [5.74, 6) is -0.580. The van der Waals surface area contributed by atoms with Crippen molar-refractivity contribution in [2.24, 2.45) is 5.92 Å². The number of benzene rings is 1. The third-order valence-corrected chi connectivity index (χ3v) is 3.72. The molecule has 3 nitrogen and oxygen atoms in total. The van der Waals surface area contributed by atoms with Gasteiger partial charge in [-0.2, -0.15) is 0 Å². The van der Waals surface area contributed by atoms with Crippen molar-refractivity contribution in [3.63, 3.8) is 0 Å². The molecule has 1 amide bonds. The average Bonchev–Trinajstić information content (AvgIpc) is 2.75. The molecule has 1 fully saturated rings. The molecule has 0 radical (unpaired) electrons. The van der Waals surface area contributed by atoms with Gasteiger partial charge in [-0.15, -0.1) is 0 Å². The van der Waals surface area contributed by atoms with Crippen LogP contribution in [0.4, 0.5) is 4.39 Å². The number of halogens is 2. The summed E-state index contributed by atoms with van der Waals surface area (Å²) >= 11 is 3.22. The minimum atomic E-state index is -0.508. The highest BCUT2D eigenvalue weighted by atomic mass is 79.9. The molecule has 0 spiro atoms. The third-order valence-electron chi connectivity index (χ3n) is 3.23. The maximum atomic E-state index is 13.5. The van der Waals surface area contributed by atoms with Crippen molar-refractivity contribution in [2.75, 3.05) is 13.2 Å². The van der Waals surface area contributed by atoms with Crippen LogP contribution in [0.5, 0.6) is 0 Å². The lowest BCUT2D eigenvalue weighted by atomic mass is 10.0. The molecule has 1 N–H and O–H groups in total. The van der Waals surface area contributed by atoms with Gasteiger partial charge in [0.1, 0.15) is 5.82 Å². The van der Waals surface area contributed by atoms with Crippen LogP contribution in [0.25, 0.3) is 0 Å². The molecule has 5 heteroatoms. The number of nitrogens with one attached hydrogen (secondary N) is 1. The molecule has 1 aromatic carbocycles. The van der Waals surface area contributed by atoms with Crippen LogP contribution < -0.4 is 5.32 Å². The number of hydrogen-bond acceptors (Lipinski definition) is 2. The molecule has 18 heavy (non-hydrogen) atoms. The lowest BCUT2D eigenvalue weighted by Crippen LogP contribution is -2.32. The minimum Gasteiger partial charge on any atom is -0.378 e. The summed E-state index contributed by atoms with van der Waals surface area (Å²) in [6, 6.07) is 4.33. The molecule has 2 atom stereocenters. The van der Waals surface area contributed by atoms with Gasteiger partial charge in [0.15, 0.2) is 0 Å². The van der Waals surface area contributed by atoms with Crippen LogP contribution in [-0.4, -0.2) is 25.2 Å². The molecule has 0 aliphatic carbocycles. The zero-order chi connectivity index (χ0) is 13.1. The molecule has 1 aliphatic heterocycles. The predicted octanol–water partition coefficient (Wildman–Crippen LogP) is 2.74. The van der Waals surface area contributed by atoms with Gasteiger partial charge in [-0.05, 0) is 31.5 Å². The Kier molecular flexibility index (Phi) is 4.35. The van der Waals surface area contributed by atoms with Crippen LogP contribution in [-0.2, 0) is 4.74 Å². The van der Waals surface area contributed by atoms with E-state index in [2.05, 4.69) is 21.2 Å².